The SMILES string of the molecule is CN1C2CCC1CC(O)(C(C)(C)C(=O)O)C2. The van der Waals surface area contributed by atoms with E-state index in [4.69, 9.17) is 0 Å². The lowest BCUT2D eigenvalue weighted by atomic mass is 9.67. The molecule has 2 unspecified atom stereocenters. The van der Waals surface area contributed by atoms with Crippen LogP contribution in [-0.2, 0) is 4.79 Å². The monoisotopic (exact) mass is 227 g/mol. The van der Waals surface area contributed by atoms with E-state index >= 15 is 0 Å². The Morgan fingerprint density at radius 3 is 2.12 bits per heavy atom. The summed E-state index contributed by atoms with van der Waals surface area (Å²) in [6.07, 6.45) is 3.33. The van der Waals surface area contributed by atoms with Crippen LogP contribution in [0.15, 0.2) is 0 Å². The topological polar surface area (TPSA) is 60.8 Å². The molecular formula is C12H21NO3. The van der Waals surface area contributed by atoms with Gasteiger partial charge in [0.25, 0.3) is 0 Å². The molecule has 0 aromatic carbocycles. The minimum atomic E-state index is -1.06. The molecule has 0 aliphatic carbocycles. The average molecular weight is 227 g/mol. The minimum absolute atomic E-state index is 0.349. The Morgan fingerprint density at radius 1 is 1.31 bits per heavy atom. The molecule has 92 valence electrons. The average Bonchev–Trinajstić information content (AvgIpc) is 2.43. The largest absolute Gasteiger partial charge is 0.481 e. The van der Waals surface area contributed by atoms with E-state index in [2.05, 4.69) is 11.9 Å². The fourth-order valence-electron chi connectivity index (χ4n) is 3.15. The summed E-state index contributed by atoms with van der Waals surface area (Å²) in [5, 5.41) is 19.9. The van der Waals surface area contributed by atoms with Crippen LogP contribution in [0, 0.1) is 5.41 Å². The maximum absolute atomic E-state index is 11.3. The van der Waals surface area contributed by atoms with Gasteiger partial charge in [0.05, 0.1) is 11.0 Å². The number of carbonyl (C=O) groups is 1. The van der Waals surface area contributed by atoms with Crippen molar-refractivity contribution in [3.63, 3.8) is 0 Å². The predicted octanol–water partition coefficient (Wildman–Crippen LogP) is 1.08. The van der Waals surface area contributed by atoms with Gasteiger partial charge in [0.15, 0.2) is 0 Å². The number of carboxylic acids is 1. The highest BCUT2D eigenvalue weighted by Gasteiger charge is 2.56. The van der Waals surface area contributed by atoms with Gasteiger partial charge >= 0.3 is 5.97 Å². The molecule has 2 saturated heterocycles. The molecule has 0 aromatic rings. The first-order chi connectivity index (χ1) is 7.28. The van der Waals surface area contributed by atoms with Gasteiger partial charge < -0.3 is 15.1 Å². The Kier molecular flexibility index (Phi) is 2.55. The van der Waals surface area contributed by atoms with Gasteiger partial charge in [0.1, 0.15) is 0 Å². The zero-order valence-electron chi connectivity index (χ0n) is 10.2. The molecule has 2 aliphatic heterocycles. The highest BCUT2D eigenvalue weighted by atomic mass is 16.4. The van der Waals surface area contributed by atoms with Crippen molar-refractivity contribution in [2.24, 2.45) is 5.41 Å². The number of aliphatic hydroxyl groups is 1. The first-order valence-corrected chi connectivity index (χ1v) is 5.96. The molecule has 2 heterocycles. The molecular weight excluding hydrogens is 206 g/mol. The summed E-state index contributed by atoms with van der Waals surface area (Å²) in [6, 6.07) is 0.699. The summed E-state index contributed by atoms with van der Waals surface area (Å²) >= 11 is 0. The summed E-state index contributed by atoms with van der Waals surface area (Å²) < 4.78 is 0. The molecule has 0 spiro atoms. The Bertz CT molecular complexity index is 299. The Morgan fingerprint density at radius 2 is 1.75 bits per heavy atom. The van der Waals surface area contributed by atoms with E-state index in [0.717, 1.165) is 12.8 Å². The molecule has 0 aromatic heterocycles. The molecule has 0 radical (unpaired) electrons. The fourth-order valence-corrected chi connectivity index (χ4v) is 3.15. The van der Waals surface area contributed by atoms with Crippen LogP contribution in [0.4, 0.5) is 0 Å². The van der Waals surface area contributed by atoms with E-state index in [1.807, 2.05) is 0 Å². The van der Waals surface area contributed by atoms with Crippen LogP contribution in [0.1, 0.15) is 39.5 Å². The second-order valence-electron chi connectivity index (χ2n) is 5.92. The van der Waals surface area contributed by atoms with Gasteiger partial charge in [-0.25, -0.2) is 0 Å². The normalized spacial score (nSPS) is 40.0. The molecule has 2 bridgehead atoms. The van der Waals surface area contributed by atoms with Gasteiger partial charge in [-0.3, -0.25) is 4.79 Å². The van der Waals surface area contributed by atoms with Crippen LogP contribution >= 0.6 is 0 Å². The van der Waals surface area contributed by atoms with Crippen LogP contribution < -0.4 is 0 Å². The van der Waals surface area contributed by atoms with Gasteiger partial charge in [-0.1, -0.05) is 0 Å². The number of hydrogen-bond acceptors (Lipinski definition) is 3. The van der Waals surface area contributed by atoms with E-state index in [-0.39, 0.29) is 0 Å². The van der Waals surface area contributed by atoms with E-state index < -0.39 is 17.0 Å². The fraction of sp³-hybridized carbons (Fsp3) is 0.917. The van der Waals surface area contributed by atoms with Crippen LogP contribution in [0.3, 0.4) is 0 Å². The lowest BCUT2D eigenvalue weighted by Crippen LogP contribution is -2.58. The van der Waals surface area contributed by atoms with Crippen molar-refractivity contribution in [1.82, 2.24) is 4.90 Å². The number of rotatable bonds is 2. The van der Waals surface area contributed by atoms with E-state index in [9.17, 15) is 15.0 Å². The van der Waals surface area contributed by atoms with Crippen LogP contribution in [-0.4, -0.2) is 45.8 Å². The number of fused-ring (bicyclic) bond motifs is 2. The van der Waals surface area contributed by atoms with Crippen molar-refractivity contribution in [2.75, 3.05) is 7.05 Å². The van der Waals surface area contributed by atoms with Crippen LogP contribution in [0.5, 0.6) is 0 Å². The molecule has 2 N–H and O–H groups in total. The predicted molar refractivity (Wildman–Crippen MR) is 60.2 cm³/mol. The number of piperidine rings is 1. The van der Waals surface area contributed by atoms with Crippen molar-refractivity contribution in [3.8, 4) is 0 Å². The minimum Gasteiger partial charge on any atom is -0.481 e. The van der Waals surface area contributed by atoms with Crippen molar-refractivity contribution in [3.05, 3.63) is 0 Å². The maximum Gasteiger partial charge on any atom is 0.312 e. The Balaban J connectivity index is 2.25. The van der Waals surface area contributed by atoms with Gasteiger partial charge in [-0.15, -0.1) is 0 Å². The lowest BCUT2D eigenvalue weighted by molar-refractivity contribution is -0.174. The third-order valence-electron chi connectivity index (χ3n) is 4.83. The van der Waals surface area contributed by atoms with Crippen molar-refractivity contribution >= 4 is 5.97 Å². The molecule has 16 heavy (non-hydrogen) atoms. The Labute approximate surface area is 96.3 Å². The standard InChI is InChI=1S/C12H21NO3/c1-11(2,10(14)15)12(16)6-8-4-5-9(7-12)13(8)3/h8-9,16H,4-7H2,1-3H3,(H,14,15). The van der Waals surface area contributed by atoms with E-state index in [1.54, 1.807) is 13.8 Å². The second kappa shape index (κ2) is 3.44. The van der Waals surface area contributed by atoms with Crippen LogP contribution in [0.25, 0.3) is 0 Å². The van der Waals surface area contributed by atoms with E-state index in [1.165, 1.54) is 0 Å². The molecule has 4 nitrogen and oxygen atoms in total. The van der Waals surface area contributed by atoms with Gasteiger partial charge in [-0.05, 0) is 46.6 Å². The van der Waals surface area contributed by atoms with E-state index in [0.29, 0.717) is 24.9 Å². The van der Waals surface area contributed by atoms with Crippen molar-refractivity contribution in [2.45, 2.75) is 57.2 Å². The number of nitrogens with zero attached hydrogens (tertiary/aromatic N) is 1. The summed E-state index contributed by atoms with van der Waals surface area (Å²) in [4.78, 5) is 13.6. The van der Waals surface area contributed by atoms with Gasteiger partial charge in [-0.2, -0.15) is 0 Å². The summed E-state index contributed by atoms with van der Waals surface area (Å²) in [6.45, 7) is 3.28. The maximum atomic E-state index is 11.3. The summed E-state index contributed by atoms with van der Waals surface area (Å²) in [7, 11) is 2.08. The van der Waals surface area contributed by atoms with Gasteiger partial charge in [0.2, 0.25) is 0 Å². The molecule has 2 fully saturated rings. The number of aliphatic carboxylic acids is 1. The highest BCUT2D eigenvalue weighted by Crippen LogP contribution is 2.47. The first kappa shape index (κ1) is 11.9. The summed E-state index contributed by atoms with van der Waals surface area (Å²) in [5.74, 6) is -0.904. The van der Waals surface area contributed by atoms with Crippen molar-refractivity contribution in [1.29, 1.82) is 0 Å². The molecule has 4 heteroatoms. The quantitative estimate of drug-likeness (QED) is 0.741. The molecule has 2 aliphatic rings. The third-order valence-corrected chi connectivity index (χ3v) is 4.83. The molecule has 0 amide bonds. The lowest BCUT2D eigenvalue weighted by Gasteiger charge is -2.48. The van der Waals surface area contributed by atoms with Crippen molar-refractivity contribution < 1.29 is 15.0 Å². The van der Waals surface area contributed by atoms with Crippen LogP contribution in [0.2, 0.25) is 0 Å². The number of hydrogen-bond donors (Lipinski definition) is 2. The molecule has 2 atom stereocenters. The Hall–Kier alpha value is -0.610. The zero-order chi connectivity index (χ0) is 12.1. The molecule has 2 rings (SSSR count). The summed E-state index contributed by atoms with van der Waals surface area (Å²) in [5.41, 5.74) is -2.12. The first-order valence-electron chi connectivity index (χ1n) is 5.96. The zero-order valence-corrected chi connectivity index (χ0v) is 10.2. The second-order valence-corrected chi connectivity index (χ2v) is 5.92. The van der Waals surface area contributed by atoms with Gasteiger partial charge in [0, 0.05) is 12.1 Å². The third kappa shape index (κ3) is 1.47. The highest BCUT2D eigenvalue weighted by molar-refractivity contribution is 5.75. The number of carboxylic acid groups (broad SMARTS) is 1. The smallest absolute Gasteiger partial charge is 0.312 e. The molecule has 0 saturated carbocycles.